The van der Waals surface area contributed by atoms with Gasteiger partial charge in [-0.2, -0.15) is 0 Å². The van der Waals surface area contributed by atoms with Gasteiger partial charge in [0.15, 0.2) is 0 Å². The van der Waals surface area contributed by atoms with Gasteiger partial charge < -0.3 is 5.11 Å². The normalized spacial score (nSPS) is 50.9. The molecule has 2 aliphatic rings. The van der Waals surface area contributed by atoms with Gasteiger partial charge in [0, 0.05) is 5.92 Å². The summed E-state index contributed by atoms with van der Waals surface area (Å²) in [7, 11) is 0. The van der Waals surface area contributed by atoms with Crippen molar-refractivity contribution in [3.63, 3.8) is 0 Å². The van der Waals surface area contributed by atoms with Crippen LogP contribution < -0.4 is 0 Å². The minimum atomic E-state index is -0.00116. The number of allylic oxidation sites excluding steroid dienone is 1. The van der Waals surface area contributed by atoms with Crippen molar-refractivity contribution in [1.82, 2.24) is 0 Å². The summed E-state index contributed by atoms with van der Waals surface area (Å²) in [5.41, 5.74) is 0. The monoisotopic (exact) mass is 110 g/mol. The van der Waals surface area contributed by atoms with E-state index in [-0.39, 0.29) is 6.10 Å². The van der Waals surface area contributed by atoms with Gasteiger partial charge in [0.2, 0.25) is 0 Å². The second-order valence-electron chi connectivity index (χ2n) is 2.80. The van der Waals surface area contributed by atoms with E-state index in [1.807, 2.05) is 0 Å². The topological polar surface area (TPSA) is 20.2 Å². The maximum atomic E-state index is 9.07. The summed E-state index contributed by atoms with van der Waals surface area (Å²) >= 11 is 0. The fraction of sp³-hybridized carbons (Fsp3) is 0.714. The van der Waals surface area contributed by atoms with Gasteiger partial charge in [-0.1, -0.05) is 12.2 Å². The zero-order valence-electron chi connectivity index (χ0n) is 4.75. The molecule has 0 aromatic heterocycles. The molecule has 0 radical (unpaired) electrons. The Morgan fingerprint density at radius 3 is 2.88 bits per heavy atom. The van der Waals surface area contributed by atoms with Gasteiger partial charge in [-0.15, -0.1) is 0 Å². The lowest BCUT2D eigenvalue weighted by Crippen LogP contribution is -2.37. The van der Waals surface area contributed by atoms with Crippen LogP contribution in [-0.2, 0) is 0 Å². The Bertz CT molecular complexity index is 128. The van der Waals surface area contributed by atoms with Crippen molar-refractivity contribution in [2.75, 3.05) is 0 Å². The van der Waals surface area contributed by atoms with Gasteiger partial charge in [-0.3, -0.25) is 0 Å². The average molecular weight is 110 g/mol. The number of aliphatic hydroxyl groups excluding tert-OH is 1. The molecule has 1 heteroatoms. The lowest BCUT2D eigenvalue weighted by Gasteiger charge is -2.35. The lowest BCUT2D eigenvalue weighted by molar-refractivity contribution is 0.00252. The third kappa shape index (κ3) is 0.402. The van der Waals surface area contributed by atoms with Crippen molar-refractivity contribution >= 4 is 0 Å². The molecule has 0 saturated heterocycles. The van der Waals surface area contributed by atoms with E-state index in [1.165, 1.54) is 6.42 Å². The molecular formula is C7H10O. The minimum absolute atomic E-state index is 0.00116. The standard InChI is InChI=1S/C7H10O/c8-7-4-5-2-1-3-6(5)7/h1,3,5-8H,2,4H2/t5-,6-,7+/m1/s1. The Hall–Kier alpha value is -0.300. The molecule has 0 unspecified atom stereocenters. The van der Waals surface area contributed by atoms with Crippen LogP contribution in [0.4, 0.5) is 0 Å². The number of fused-ring (bicyclic) bond motifs is 1. The predicted octanol–water partition coefficient (Wildman–Crippen LogP) is 0.943. The molecule has 2 rings (SSSR count). The molecule has 3 atom stereocenters. The summed E-state index contributed by atoms with van der Waals surface area (Å²) in [6.45, 7) is 0. The van der Waals surface area contributed by atoms with Crippen LogP contribution in [0.1, 0.15) is 12.8 Å². The van der Waals surface area contributed by atoms with Crippen molar-refractivity contribution in [3.8, 4) is 0 Å². The second-order valence-corrected chi connectivity index (χ2v) is 2.80. The van der Waals surface area contributed by atoms with Gasteiger partial charge >= 0.3 is 0 Å². The van der Waals surface area contributed by atoms with Gasteiger partial charge in [-0.25, -0.2) is 0 Å². The summed E-state index contributed by atoms with van der Waals surface area (Å²) in [5, 5.41) is 9.07. The van der Waals surface area contributed by atoms with Crippen LogP contribution >= 0.6 is 0 Å². The number of hydrogen-bond donors (Lipinski definition) is 1. The molecule has 2 aliphatic carbocycles. The Morgan fingerprint density at radius 2 is 2.38 bits per heavy atom. The first-order valence-corrected chi connectivity index (χ1v) is 3.22. The lowest BCUT2D eigenvalue weighted by atomic mass is 9.73. The van der Waals surface area contributed by atoms with E-state index >= 15 is 0 Å². The molecule has 1 saturated carbocycles. The second kappa shape index (κ2) is 1.35. The maximum Gasteiger partial charge on any atom is 0.0608 e. The molecule has 1 N–H and O–H groups in total. The fourth-order valence-corrected chi connectivity index (χ4v) is 1.69. The highest BCUT2D eigenvalue weighted by Crippen LogP contribution is 2.42. The molecule has 0 heterocycles. The largest absolute Gasteiger partial charge is 0.392 e. The van der Waals surface area contributed by atoms with E-state index in [0.717, 1.165) is 12.3 Å². The summed E-state index contributed by atoms with van der Waals surface area (Å²) in [5.74, 6) is 1.35. The minimum Gasteiger partial charge on any atom is -0.392 e. The Balaban J connectivity index is 2.10. The Morgan fingerprint density at radius 1 is 1.50 bits per heavy atom. The molecule has 8 heavy (non-hydrogen) atoms. The van der Waals surface area contributed by atoms with Gasteiger partial charge in [0.05, 0.1) is 6.10 Å². The highest BCUT2D eigenvalue weighted by atomic mass is 16.3. The van der Waals surface area contributed by atoms with Crippen molar-refractivity contribution < 1.29 is 5.11 Å². The predicted molar refractivity (Wildman–Crippen MR) is 31.4 cm³/mol. The fourth-order valence-electron chi connectivity index (χ4n) is 1.69. The van der Waals surface area contributed by atoms with E-state index < -0.39 is 0 Å². The third-order valence-electron chi connectivity index (χ3n) is 2.33. The van der Waals surface area contributed by atoms with E-state index in [1.54, 1.807) is 0 Å². The summed E-state index contributed by atoms with van der Waals surface area (Å²) in [6.07, 6.45) is 6.59. The number of hydrogen-bond acceptors (Lipinski definition) is 1. The van der Waals surface area contributed by atoms with Gasteiger partial charge in [-0.05, 0) is 18.8 Å². The van der Waals surface area contributed by atoms with Crippen LogP contribution in [0.2, 0.25) is 0 Å². The van der Waals surface area contributed by atoms with E-state index in [2.05, 4.69) is 12.2 Å². The first-order valence-electron chi connectivity index (χ1n) is 3.22. The van der Waals surface area contributed by atoms with Crippen LogP contribution in [0.5, 0.6) is 0 Å². The molecule has 0 aromatic rings. The van der Waals surface area contributed by atoms with Crippen LogP contribution in [0, 0.1) is 11.8 Å². The number of aliphatic hydroxyl groups is 1. The third-order valence-corrected chi connectivity index (χ3v) is 2.33. The van der Waals surface area contributed by atoms with Gasteiger partial charge in [0.1, 0.15) is 0 Å². The van der Waals surface area contributed by atoms with E-state index in [9.17, 15) is 0 Å². The molecule has 1 fully saturated rings. The highest BCUT2D eigenvalue weighted by Gasteiger charge is 2.39. The first kappa shape index (κ1) is 4.57. The summed E-state index contributed by atoms with van der Waals surface area (Å²) < 4.78 is 0. The molecule has 0 aliphatic heterocycles. The van der Waals surface area contributed by atoms with Gasteiger partial charge in [0.25, 0.3) is 0 Å². The Labute approximate surface area is 49.0 Å². The smallest absolute Gasteiger partial charge is 0.0608 e. The van der Waals surface area contributed by atoms with E-state index in [0.29, 0.717) is 5.92 Å². The first-order chi connectivity index (χ1) is 3.88. The van der Waals surface area contributed by atoms with Crippen LogP contribution in [0.3, 0.4) is 0 Å². The van der Waals surface area contributed by atoms with Crippen molar-refractivity contribution in [3.05, 3.63) is 12.2 Å². The Kier molecular flexibility index (Phi) is 0.770. The van der Waals surface area contributed by atoms with Crippen molar-refractivity contribution in [2.45, 2.75) is 18.9 Å². The SMILES string of the molecule is O[C@H]1C[C@H]2CC=C[C@H]21. The van der Waals surface area contributed by atoms with Crippen molar-refractivity contribution in [2.24, 2.45) is 11.8 Å². The maximum absolute atomic E-state index is 9.07. The zero-order valence-corrected chi connectivity index (χ0v) is 4.75. The highest BCUT2D eigenvalue weighted by molar-refractivity contribution is 5.10. The quantitative estimate of drug-likeness (QED) is 0.460. The molecule has 0 amide bonds. The van der Waals surface area contributed by atoms with Crippen molar-refractivity contribution in [1.29, 1.82) is 0 Å². The summed E-state index contributed by atoms with van der Waals surface area (Å²) in [4.78, 5) is 0. The molecule has 0 bridgehead atoms. The van der Waals surface area contributed by atoms with Crippen LogP contribution in [-0.4, -0.2) is 11.2 Å². The molecule has 0 aromatic carbocycles. The molecular weight excluding hydrogens is 100 g/mol. The van der Waals surface area contributed by atoms with Crippen LogP contribution in [0.25, 0.3) is 0 Å². The molecule has 0 spiro atoms. The molecule has 44 valence electrons. The zero-order chi connectivity index (χ0) is 5.56. The molecule has 1 nitrogen and oxygen atoms in total. The summed E-state index contributed by atoms with van der Waals surface area (Å²) in [6, 6.07) is 0. The van der Waals surface area contributed by atoms with E-state index in [4.69, 9.17) is 5.11 Å². The average Bonchev–Trinajstić information content (AvgIpc) is 2.09. The number of rotatable bonds is 0. The van der Waals surface area contributed by atoms with Crippen LogP contribution in [0.15, 0.2) is 12.2 Å².